The number of hydrogen-bond acceptors (Lipinski definition) is 2. The van der Waals surface area contributed by atoms with Crippen LogP contribution >= 0.6 is 22.6 Å². The minimum absolute atomic E-state index is 0.160. The van der Waals surface area contributed by atoms with Crippen LogP contribution in [0.1, 0.15) is 31.2 Å². The van der Waals surface area contributed by atoms with Gasteiger partial charge in [0.1, 0.15) is 0 Å². The predicted molar refractivity (Wildman–Crippen MR) is 84.0 cm³/mol. The Kier molecular flexibility index (Phi) is 4.07. The lowest BCUT2D eigenvalue weighted by Gasteiger charge is -2.29. The highest BCUT2D eigenvalue weighted by Crippen LogP contribution is 2.26. The number of benzene rings is 1. The molecule has 3 rings (SSSR count). The summed E-state index contributed by atoms with van der Waals surface area (Å²) >= 11 is 2.28. The Labute approximate surface area is 127 Å². The van der Waals surface area contributed by atoms with Crippen molar-refractivity contribution < 1.29 is 4.79 Å². The van der Waals surface area contributed by atoms with E-state index < -0.39 is 0 Å². The van der Waals surface area contributed by atoms with E-state index >= 15 is 0 Å². The summed E-state index contributed by atoms with van der Waals surface area (Å²) in [7, 11) is 0. The second kappa shape index (κ2) is 5.79. The molecule has 4 heteroatoms. The Balaban J connectivity index is 1.54. The molecule has 0 aromatic heterocycles. The molecule has 0 spiro atoms. The van der Waals surface area contributed by atoms with Gasteiger partial charge in [-0.25, -0.2) is 0 Å². The van der Waals surface area contributed by atoms with Crippen LogP contribution in [0.5, 0.6) is 0 Å². The van der Waals surface area contributed by atoms with E-state index in [1.54, 1.807) is 0 Å². The summed E-state index contributed by atoms with van der Waals surface area (Å²) in [6.45, 7) is 0. The molecule has 2 atom stereocenters. The van der Waals surface area contributed by atoms with Gasteiger partial charge in [-0.15, -0.1) is 0 Å². The maximum absolute atomic E-state index is 12.1. The zero-order valence-electron chi connectivity index (χ0n) is 10.9. The van der Waals surface area contributed by atoms with Crippen molar-refractivity contribution in [3.63, 3.8) is 0 Å². The lowest BCUT2D eigenvalue weighted by atomic mass is 9.99. The molecule has 102 valence electrons. The molecule has 0 radical (unpaired) electrons. The van der Waals surface area contributed by atoms with Crippen LogP contribution in [-0.4, -0.2) is 24.0 Å². The maximum Gasteiger partial charge on any atom is 0.224 e. The van der Waals surface area contributed by atoms with Gasteiger partial charge in [0.05, 0.1) is 6.42 Å². The molecule has 2 N–H and O–H groups in total. The third-order valence-corrected chi connectivity index (χ3v) is 4.76. The summed E-state index contributed by atoms with van der Waals surface area (Å²) in [4.78, 5) is 12.1. The van der Waals surface area contributed by atoms with Crippen molar-refractivity contribution in [2.45, 2.75) is 50.2 Å². The van der Waals surface area contributed by atoms with Gasteiger partial charge in [-0.05, 0) is 66.0 Å². The average Bonchev–Trinajstić information content (AvgIpc) is 2.68. The lowest BCUT2D eigenvalue weighted by Crippen LogP contribution is -2.48. The molecule has 2 saturated heterocycles. The van der Waals surface area contributed by atoms with Gasteiger partial charge in [-0.2, -0.15) is 0 Å². The molecule has 0 aliphatic carbocycles. The molecule has 0 saturated carbocycles. The van der Waals surface area contributed by atoms with Crippen LogP contribution in [0.25, 0.3) is 0 Å². The Bertz CT molecular complexity index is 465. The van der Waals surface area contributed by atoms with Crippen LogP contribution in [0.2, 0.25) is 0 Å². The third kappa shape index (κ3) is 3.48. The van der Waals surface area contributed by atoms with E-state index in [-0.39, 0.29) is 5.91 Å². The van der Waals surface area contributed by atoms with Gasteiger partial charge >= 0.3 is 0 Å². The van der Waals surface area contributed by atoms with Crippen molar-refractivity contribution in [2.75, 3.05) is 0 Å². The Morgan fingerprint density at radius 1 is 1.32 bits per heavy atom. The van der Waals surface area contributed by atoms with Crippen LogP contribution < -0.4 is 10.6 Å². The number of halogens is 1. The maximum atomic E-state index is 12.1. The van der Waals surface area contributed by atoms with Crippen LogP contribution in [0, 0.1) is 3.57 Å². The Morgan fingerprint density at radius 2 is 2.05 bits per heavy atom. The summed E-state index contributed by atoms with van der Waals surface area (Å²) < 4.78 is 1.18. The molecule has 1 aromatic rings. The number of hydrogen-bond donors (Lipinski definition) is 2. The molecular weight excluding hydrogens is 351 g/mol. The highest BCUT2D eigenvalue weighted by molar-refractivity contribution is 14.1. The van der Waals surface area contributed by atoms with Gasteiger partial charge in [0.2, 0.25) is 5.91 Å². The zero-order chi connectivity index (χ0) is 13.2. The van der Waals surface area contributed by atoms with Gasteiger partial charge in [0.15, 0.2) is 0 Å². The first kappa shape index (κ1) is 13.4. The monoisotopic (exact) mass is 370 g/mol. The fourth-order valence-electron chi connectivity index (χ4n) is 3.29. The van der Waals surface area contributed by atoms with Gasteiger partial charge in [0.25, 0.3) is 0 Å². The van der Waals surface area contributed by atoms with Crippen molar-refractivity contribution in [3.8, 4) is 0 Å². The fourth-order valence-corrected chi connectivity index (χ4v) is 3.89. The SMILES string of the molecule is O=C(Cc1cccc(I)c1)NC1CC2CCC(C1)N2. The number of carbonyl (C=O) groups excluding carboxylic acids is 1. The van der Waals surface area contributed by atoms with Crippen LogP contribution in [0.3, 0.4) is 0 Å². The van der Waals surface area contributed by atoms with Crippen molar-refractivity contribution in [3.05, 3.63) is 33.4 Å². The molecule has 1 amide bonds. The second-order valence-corrected chi connectivity index (χ2v) is 6.93. The van der Waals surface area contributed by atoms with Crippen molar-refractivity contribution in [2.24, 2.45) is 0 Å². The number of carbonyl (C=O) groups is 1. The minimum Gasteiger partial charge on any atom is -0.353 e. The first-order valence-corrected chi connectivity index (χ1v) is 8.07. The fraction of sp³-hybridized carbons (Fsp3) is 0.533. The summed E-state index contributed by atoms with van der Waals surface area (Å²) in [5.41, 5.74) is 1.10. The molecule has 2 bridgehead atoms. The first-order valence-electron chi connectivity index (χ1n) is 6.99. The van der Waals surface area contributed by atoms with E-state index in [0.29, 0.717) is 24.5 Å². The molecule has 2 aliphatic rings. The quantitative estimate of drug-likeness (QED) is 0.802. The van der Waals surface area contributed by atoms with Crippen molar-refractivity contribution in [1.29, 1.82) is 0 Å². The Morgan fingerprint density at radius 3 is 2.74 bits per heavy atom. The topological polar surface area (TPSA) is 41.1 Å². The summed E-state index contributed by atoms with van der Waals surface area (Å²) in [6.07, 6.45) is 5.22. The standard InChI is InChI=1S/C15H19IN2O/c16-11-3-1-2-10(6-11)7-15(19)18-14-8-12-4-5-13(9-14)17-12/h1-3,6,12-14,17H,4-5,7-9H2,(H,18,19). The van der Waals surface area contributed by atoms with E-state index in [4.69, 9.17) is 0 Å². The van der Waals surface area contributed by atoms with Crippen LogP contribution in [0.15, 0.2) is 24.3 Å². The van der Waals surface area contributed by atoms with Gasteiger partial charge in [0, 0.05) is 21.7 Å². The van der Waals surface area contributed by atoms with Gasteiger partial charge in [-0.3, -0.25) is 4.79 Å². The summed E-state index contributed by atoms with van der Waals surface area (Å²) in [5.74, 6) is 0.160. The largest absolute Gasteiger partial charge is 0.353 e. The van der Waals surface area contributed by atoms with Gasteiger partial charge in [-0.1, -0.05) is 12.1 Å². The minimum atomic E-state index is 0.160. The van der Waals surface area contributed by atoms with Crippen molar-refractivity contribution >= 4 is 28.5 Å². The molecule has 2 heterocycles. The second-order valence-electron chi connectivity index (χ2n) is 5.68. The molecule has 1 aromatic carbocycles. The van der Waals surface area contributed by atoms with Crippen molar-refractivity contribution in [1.82, 2.24) is 10.6 Å². The third-order valence-electron chi connectivity index (χ3n) is 4.09. The van der Waals surface area contributed by atoms with E-state index in [9.17, 15) is 4.79 Å². The zero-order valence-corrected chi connectivity index (χ0v) is 13.0. The molecule has 2 fully saturated rings. The Hall–Kier alpha value is -0.620. The highest BCUT2D eigenvalue weighted by atomic mass is 127. The highest BCUT2D eigenvalue weighted by Gasteiger charge is 2.33. The molecule has 3 nitrogen and oxygen atoms in total. The molecule has 2 unspecified atom stereocenters. The summed E-state index contributed by atoms with van der Waals surface area (Å²) in [6, 6.07) is 9.78. The van der Waals surface area contributed by atoms with E-state index in [1.165, 1.54) is 16.4 Å². The number of amides is 1. The predicted octanol–water partition coefficient (Wildman–Crippen LogP) is 2.23. The smallest absolute Gasteiger partial charge is 0.224 e. The van der Waals surface area contributed by atoms with Crippen LogP contribution in [0.4, 0.5) is 0 Å². The number of fused-ring (bicyclic) bond motifs is 2. The van der Waals surface area contributed by atoms with E-state index in [1.807, 2.05) is 18.2 Å². The number of rotatable bonds is 3. The number of nitrogens with one attached hydrogen (secondary N) is 2. The van der Waals surface area contributed by atoms with Gasteiger partial charge < -0.3 is 10.6 Å². The first-order chi connectivity index (χ1) is 9.19. The van der Waals surface area contributed by atoms with E-state index in [2.05, 4.69) is 39.3 Å². The molecule has 2 aliphatic heterocycles. The lowest BCUT2D eigenvalue weighted by molar-refractivity contribution is -0.121. The number of piperidine rings is 1. The normalized spacial score (nSPS) is 29.2. The molecule has 19 heavy (non-hydrogen) atoms. The molecular formula is C15H19IN2O. The summed E-state index contributed by atoms with van der Waals surface area (Å²) in [5, 5.41) is 6.80. The van der Waals surface area contributed by atoms with E-state index in [0.717, 1.165) is 18.4 Å². The van der Waals surface area contributed by atoms with Crippen LogP contribution in [-0.2, 0) is 11.2 Å². The average molecular weight is 370 g/mol.